The van der Waals surface area contributed by atoms with Crippen LogP contribution in [0.3, 0.4) is 0 Å². The minimum Gasteiger partial charge on any atom is -0.493 e. The van der Waals surface area contributed by atoms with E-state index in [2.05, 4.69) is 15.5 Å². The van der Waals surface area contributed by atoms with Gasteiger partial charge in [-0.3, -0.25) is 0 Å². The Labute approximate surface area is 128 Å². The average Bonchev–Trinajstić information content (AvgIpc) is 2.54. The lowest BCUT2D eigenvalue weighted by Gasteiger charge is -2.20. The molecular formula is C16H13N5O. The summed E-state index contributed by atoms with van der Waals surface area (Å²) in [6.07, 6.45) is 0. The number of dihydropyridines is 1. The number of aliphatic hydroxyl groups excluding tert-OH is 1. The number of allylic oxidation sites excluding steroid dienone is 3. The van der Waals surface area contributed by atoms with E-state index in [1.165, 1.54) is 0 Å². The predicted molar refractivity (Wildman–Crippen MR) is 80.4 cm³/mol. The van der Waals surface area contributed by atoms with Crippen molar-refractivity contribution in [3.8, 4) is 12.1 Å². The van der Waals surface area contributed by atoms with Crippen LogP contribution in [0, 0.1) is 22.7 Å². The number of nitriles is 2. The van der Waals surface area contributed by atoms with Crippen molar-refractivity contribution in [2.75, 3.05) is 0 Å². The van der Waals surface area contributed by atoms with Crippen LogP contribution in [0.25, 0.3) is 0 Å². The summed E-state index contributed by atoms with van der Waals surface area (Å²) in [6, 6.07) is 12.7. The Balaban J connectivity index is 2.43. The molecule has 0 aliphatic carbocycles. The molecule has 2 N–H and O–H groups in total. The smallest absolute Gasteiger partial charge is 0.217 e. The third kappa shape index (κ3) is 2.87. The van der Waals surface area contributed by atoms with Crippen molar-refractivity contribution >= 4 is 5.69 Å². The van der Waals surface area contributed by atoms with Gasteiger partial charge in [-0.2, -0.15) is 15.6 Å². The highest BCUT2D eigenvalue weighted by Crippen LogP contribution is 2.29. The van der Waals surface area contributed by atoms with E-state index in [9.17, 15) is 5.11 Å². The molecule has 0 aromatic heterocycles. The zero-order chi connectivity index (χ0) is 16.1. The maximum atomic E-state index is 10.1. The van der Waals surface area contributed by atoms with Gasteiger partial charge >= 0.3 is 0 Å². The molecule has 1 heterocycles. The predicted octanol–water partition coefficient (Wildman–Crippen LogP) is 3.74. The van der Waals surface area contributed by atoms with Crippen molar-refractivity contribution in [2.24, 2.45) is 10.2 Å². The summed E-state index contributed by atoms with van der Waals surface area (Å²) in [5.74, 6) is -0.235. The van der Waals surface area contributed by atoms with Gasteiger partial charge in [0.2, 0.25) is 5.88 Å². The van der Waals surface area contributed by atoms with Crippen LogP contribution in [-0.4, -0.2) is 5.11 Å². The van der Waals surface area contributed by atoms with E-state index in [4.69, 9.17) is 10.5 Å². The molecule has 0 bridgehead atoms. The van der Waals surface area contributed by atoms with Crippen LogP contribution in [-0.2, 0) is 0 Å². The fraction of sp³-hybridized carbons (Fsp3) is 0.125. The Bertz CT molecular complexity index is 785. The first-order chi connectivity index (χ1) is 10.6. The second-order valence-electron chi connectivity index (χ2n) is 4.58. The Morgan fingerprint density at radius 1 is 1.05 bits per heavy atom. The van der Waals surface area contributed by atoms with Crippen molar-refractivity contribution in [2.45, 2.75) is 13.8 Å². The monoisotopic (exact) mass is 291 g/mol. The van der Waals surface area contributed by atoms with Gasteiger partial charge in [-0.1, -0.05) is 18.2 Å². The molecule has 0 atom stereocenters. The largest absolute Gasteiger partial charge is 0.493 e. The maximum absolute atomic E-state index is 10.1. The van der Waals surface area contributed by atoms with Gasteiger partial charge in [0.05, 0.1) is 11.4 Å². The van der Waals surface area contributed by atoms with Gasteiger partial charge in [0.25, 0.3) is 0 Å². The lowest BCUT2D eigenvalue weighted by molar-refractivity contribution is 0.368. The van der Waals surface area contributed by atoms with E-state index in [1.54, 1.807) is 38.1 Å². The van der Waals surface area contributed by atoms with Crippen LogP contribution in [0.1, 0.15) is 13.8 Å². The fourth-order valence-electron chi connectivity index (χ4n) is 1.93. The highest BCUT2D eigenvalue weighted by atomic mass is 16.3. The molecule has 0 fully saturated rings. The van der Waals surface area contributed by atoms with Gasteiger partial charge in [0, 0.05) is 0 Å². The van der Waals surface area contributed by atoms with Crippen LogP contribution in [0.15, 0.2) is 74.6 Å². The molecule has 0 radical (unpaired) electrons. The lowest BCUT2D eigenvalue weighted by Crippen LogP contribution is -2.22. The summed E-state index contributed by atoms with van der Waals surface area (Å²) in [6.45, 7) is 3.49. The Morgan fingerprint density at radius 3 is 2.27 bits per heavy atom. The fourth-order valence-corrected chi connectivity index (χ4v) is 1.93. The average molecular weight is 291 g/mol. The molecular weight excluding hydrogens is 278 g/mol. The first-order valence-corrected chi connectivity index (χ1v) is 6.48. The van der Waals surface area contributed by atoms with Crippen LogP contribution < -0.4 is 5.32 Å². The number of azo groups is 1. The van der Waals surface area contributed by atoms with E-state index in [0.29, 0.717) is 22.5 Å². The first kappa shape index (κ1) is 15.0. The van der Waals surface area contributed by atoms with Gasteiger partial charge in [-0.05, 0) is 37.1 Å². The van der Waals surface area contributed by atoms with Gasteiger partial charge < -0.3 is 10.4 Å². The summed E-state index contributed by atoms with van der Waals surface area (Å²) in [5, 5.41) is 38.7. The number of aliphatic hydroxyl groups is 1. The van der Waals surface area contributed by atoms with Crippen LogP contribution in [0.2, 0.25) is 0 Å². The van der Waals surface area contributed by atoms with Crippen molar-refractivity contribution in [3.05, 3.63) is 64.3 Å². The molecule has 1 aromatic carbocycles. The molecule has 1 aromatic rings. The topological polar surface area (TPSA) is 105 Å². The third-order valence-corrected chi connectivity index (χ3v) is 3.26. The number of nitrogens with zero attached hydrogens (tertiary/aromatic N) is 4. The standard InChI is InChI=1S/C16H13N5O/c1-10-11(2)15(21-20-13-6-4-3-5-7-13)16(22)19-14(10)12(8-17)9-18/h3-7,19,22H,1-2H3/b21-20+. The number of hydrogen-bond acceptors (Lipinski definition) is 6. The summed E-state index contributed by atoms with van der Waals surface area (Å²) in [5.41, 5.74) is 2.44. The molecule has 1 aliphatic heterocycles. The molecule has 6 heteroatoms. The van der Waals surface area contributed by atoms with Crippen LogP contribution >= 0.6 is 0 Å². The SMILES string of the molecule is CC1=C(C)C(=C(C#N)C#N)NC(O)=C1/N=N/c1ccccc1. The second-order valence-corrected chi connectivity index (χ2v) is 4.58. The number of nitrogens with one attached hydrogen (secondary N) is 1. The van der Waals surface area contributed by atoms with Gasteiger partial charge in [0.15, 0.2) is 5.57 Å². The molecule has 1 aliphatic rings. The second kappa shape index (κ2) is 6.38. The maximum Gasteiger partial charge on any atom is 0.217 e. The van der Waals surface area contributed by atoms with Crippen LogP contribution in [0.5, 0.6) is 0 Å². The Kier molecular flexibility index (Phi) is 4.36. The van der Waals surface area contributed by atoms with E-state index in [-0.39, 0.29) is 17.2 Å². The van der Waals surface area contributed by atoms with Crippen molar-refractivity contribution in [3.63, 3.8) is 0 Å². The number of rotatable bonds is 2. The van der Waals surface area contributed by atoms with Crippen LogP contribution in [0.4, 0.5) is 5.69 Å². The third-order valence-electron chi connectivity index (χ3n) is 3.26. The zero-order valence-corrected chi connectivity index (χ0v) is 12.1. The normalized spacial score (nSPS) is 14.6. The highest BCUT2D eigenvalue weighted by molar-refractivity contribution is 5.55. The summed E-state index contributed by atoms with van der Waals surface area (Å²) in [4.78, 5) is 0. The molecule has 0 amide bonds. The molecule has 2 rings (SSSR count). The van der Waals surface area contributed by atoms with Gasteiger partial charge in [0.1, 0.15) is 17.8 Å². The number of hydrogen-bond donors (Lipinski definition) is 2. The molecule has 6 nitrogen and oxygen atoms in total. The zero-order valence-electron chi connectivity index (χ0n) is 12.1. The van der Waals surface area contributed by atoms with Crippen molar-refractivity contribution < 1.29 is 5.11 Å². The van der Waals surface area contributed by atoms with E-state index >= 15 is 0 Å². The quantitative estimate of drug-likeness (QED) is 0.639. The molecule has 0 unspecified atom stereocenters. The molecule has 0 spiro atoms. The first-order valence-electron chi connectivity index (χ1n) is 6.48. The Morgan fingerprint density at radius 2 is 1.68 bits per heavy atom. The minimum atomic E-state index is -0.235. The number of benzene rings is 1. The molecule has 22 heavy (non-hydrogen) atoms. The van der Waals surface area contributed by atoms with E-state index in [1.807, 2.05) is 18.2 Å². The summed E-state index contributed by atoms with van der Waals surface area (Å²) >= 11 is 0. The Hall–Kier alpha value is -3.38. The van der Waals surface area contributed by atoms with E-state index in [0.717, 1.165) is 0 Å². The summed E-state index contributed by atoms with van der Waals surface area (Å²) < 4.78 is 0. The molecule has 0 saturated carbocycles. The van der Waals surface area contributed by atoms with Gasteiger partial charge in [-0.15, -0.1) is 5.11 Å². The lowest BCUT2D eigenvalue weighted by atomic mass is 9.99. The molecule has 108 valence electrons. The summed E-state index contributed by atoms with van der Waals surface area (Å²) in [7, 11) is 0. The highest BCUT2D eigenvalue weighted by Gasteiger charge is 2.22. The van der Waals surface area contributed by atoms with Gasteiger partial charge in [-0.25, -0.2) is 0 Å². The van der Waals surface area contributed by atoms with Crippen molar-refractivity contribution in [1.82, 2.24) is 5.32 Å². The minimum absolute atomic E-state index is 0.0950. The molecule has 0 saturated heterocycles. The van der Waals surface area contributed by atoms with Crippen molar-refractivity contribution in [1.29, 1.82) is 10.5 Å². The van der Waals surface area contributed by atoms with E-state index < -0.39 is 0 Å².